The number of ether oxygens (including phenoxy) is 1. The molecule has 0 aliphatic carbocycles. The summed E-state index contributed by atoms with van der Waals surface area (Å²) < 4.78 is 18.7. The number of para-hydroxylation sites is 1. The van der Waals surface area contributed by atoms with E-state index in [-0.39, 0.29) is 5.75 Å². The van der Waals surface area contributed by atoms with Gasteiger partial charge >= 0.3 is 0 Å². The largest absolute Gasteiger partial charge is 0.478 e. The molecule has 0 heterocycles. The van der Waals surface area contributed by atoms with Crippen molar-refractivity contribution in [2.45, 2.75) is 20.0 Å². The number of hydrogen-bond acceptors (Lipinski definition) is 3. The molecule has 25 heavy (non-hydrogen) atoms. The molecule has 130 valence electrons. The lowest BCUT2D eigenvalue weighted by Crippen LogP contribution is -2.46. The van der Waals surface area contributed by atoms with E-state index in [4.69, 9.17) is 4.74 Å². The van der Waals surface area contributed by atoms with Crippen LogP contribution in [0.2, 0.25) is 0 Å². The molecule has 0 aliphatic rings. The van der Waals surface area contributed by atoms with Crippen LogP contribution in [-0.2, 0) is 9.59 Å². The number of rotatable bonds is 5. The van der Waals surface area contributed by atoms with Crippen molar-refractivity contribution in [1.82, 2.24) is 10.9 Å². The standard InChI is InChI=1S/C19H19FN2O3/c1-13-6-5-7-15(12-13)10-11-18(23)21-22-19(24)14(2)25-17-9-4-3-8-16(17)20/h3-12,14H,1-2H3,(H,21,23)(H,22,24)/b11-10+. The van der Waals surface area contributed by atoms with Gasteiger partial charge in [0.15, 0.2) is 17.7 Å². The van der Waals surface area contributed by atoms with E-state index in [1.54, 1.807) is 12.1 Å². The van der Waals surface area contributed by atoms with E-state index < -0.39 is 23.7 Å². The van der Waals surface area contributed by atoms with Crippen molar-refractivity contribution in [2.24, 2.45) is 0 Å². The van der Waals surface area contributed by atoms with E-state index in [1.165, 1.54) is 31.2 Å². The zero-order chi connectivity index (χ0) is 18.2. The summed E-state index contributed by atoms with van der Waals surface area (Å²) in [7, 11) is 0. The maximum atomic E-state index is 13.5. The van der Waals surface area contributed by atoms with Gasteiger partial charge in [0.2, 0.25) is 0 Å². The van der Waals surface area contributed by atoms with Gasteiger partial charge in [-0.05, 0) is 37.6 Å². The van der Waals surface area contributed by atoms with Crippen LogP contribution in [-0.4, -0.2) is 17.9 Å². The second-order valence-electron chi connectivity index (χ2n) is 5.42. The number of carbonyl (C=O) groups excluding carboxylic acids is 2. The highest BCUT2D eigenvalue weighted by Crippen LogP contribution is 2.16. The molecular formula is C19H19FN2O3. The Morgan fingerprint density at radius 1 is 1.12 bits per heavy atom. The van der Waals surface area contributed by atoms with Gasteiger partial charge in [-0.25, -0.2) is 4.39 Å². The van der Waals surface area contributed by atoms with Crippen molar-refractivity contribution in [3.05, 3.63) is 71.6 Å². The number of hydrazine groups is 1. The number of aryl methyl sites for hydroxylation is 1. The van der Waals surface area contributed by atoms with Crippen molar-refractivity contribution < 1.29 is 18.7 Å². The van der Waals surface area contributed by atoms with E-state index in [1.807, 2.05) is 31.2 Å². The van der Waals surface area contributed by atoms with Gasteiger partial charge in [0.05, 0.1) is 0 Å². The van der Waals surface area contributed by atoms with Gasteiger partial charge in [-0.1, -0.05) is 42.0 Å². The molecule has 0 saturated heterocycles. The lowest BCUT2D eigenvalue weighted by Gasteiger charge is -2.15. The Hall–Kier alpha value is -3.15. The summed E-state index contributed by atoms with van der Waals surface area (Å²) in [5.74, 6) is -1.68. The summed E-state index contributed by atoms with van der Waals surface area (Å²) in [5, 5.41) is 0. The van der Waals surface area contributed by atoms with Gasteiger partial charge in [-0.2, -0.15) is 0 Å². The van der Waals surface area contributed by atoms with Crippen LogP contribution in [0.1, 0.15) is 18.1 Å². The highest BCUT2D eigenvalue weighted by molar-refractivity contribution is 5.93. The summed E-state index contributed by atoms with van der Waals surface area (Å²) >= 11 is 0. The van der Waals surface area contributed by atoms with Gasteiger partial charge in [-0.3, -0.25) is 20.4 Å². The number of amides is 2. The lowest BCUT2D eigenvalue weighted by atomic mass is 10.1. The molecule has 5 nitrogen and oxygen atoms in total. The molecule has 2 amide bonds. The van der Waals surface area contributed by atoms with E-state index in [0.717, 1.165) is 11.1 Å². The molecule has 0 fully saturated rings. The fourth-order valence-corrected chi connectivity index (χ4v) is 2.00. The average molecular weight is 342 g/mol. The number of benzene rings is 2. The Morgan fingerprint density at radius 3 is 2.60 bits per heavy atom. The first-order valence-electron chi connectivity index (χ1n) is 7.71. The first-order chi connectivity index (χ1) is 12.0. The van der Waals surface area contributed by atoms with Crippen LogP contribution in [0.15, 0.2) is 54.6 Å². The predicted molar refractivity (Wildman–Crippen MR) is 93.0 cm³/mol. The molecule has 2 N–H and O–H groups in total. The van der Waals surface area contributed by atoms with Crippen molar-refractivity contribution >= 4 is 17.9 Å². The number of nitrogens with one attached hydrogen (secondary N) is 2. The molecule has 1 unspecified atom stereocenters. The fourth-order valence-electron chi connectivity index (χ4n) is 2.00. The number of carbonyl (C=O) groups is 2. The number of hydrogen-bond donors (Lipinski definition) is 2. The van der Waals surface area contributed by atoms with Crippen molar-refractivity contribution in [1.29, 1.82) is 0 Å². The van der Waals surface area contributed by atoms with Crippen LogP contribution in [0.5, 0.6) is 5.75 Å². The molecule has 1 atom stereocenters. The molecule has 6 heteroatoms. The van der Waals surface area contributed by atoms with Gasteiger partial charge in [0.25, 0.3) is 11.8 Å². The van der Waals surface area contributed by atoms with Gasteiger partial charge in [0, 0.05) is 6.08 Å². The van der Waals surface area contributed by atoms with Gasteiger partial charge in [-0.15, -0.1) is 0 Å². The predicted octanol–water partition coefficient (Wildman–Crippen LogP) is 2.76. The molecule has 2 aromatic rings. The van der Waals surface area contributed by atoms with Crippen LogP contribution in [0.3, 0.4) is 0 Å². The van der Waals surface area contributed by atoms with E-state index in [0.29, 0.717) is 0 Å². The van der Waals surface area contributed by atoms with Crippen LogP contribution in [0, 0.1) is 12.7 Å². The van der Waals surface area contributed by atoms with Gasteiger partial charge < -0.3 is 4.74 Å². The maximum Gasteiger partial charge on any atom is 0.279 e. The van der Waals surface area contributed by atoms with Gasteiger partial charge in [0.1, 0.15) is 0 Å². The van der Waals surface area contributed by atoms with E-state index in [9.17, 15) is 14.0 Å². The topological polar surface area (TPSA) is 67.4 Å². The normalized spacial score (nSPS) is 11.8. The molecule has 0 bridgehead atoms. The van der Waals surface area contributed by atoms with Crippen molar-refractivity contribution in [2.75, 3.05) is 0 Å². The molecule has 0 saturated carbocycles. The monoisotopic (exact) mass is 342 g/mol. The van der Waals surface area contributed by atoms with Crippen LogP contribution in [0.25, 0.3) is 6.08 Å². The first kappa shape index (κ1) is 18.2. The fraction of sp³-hybridized carbons (Fsp3) is 0.158. The smallest absolute Gasteiger partial charge is 0.279 e. The Kier molecular flexibility index (Phi) is 6.28. The first-order valence-corrected chi connectivity index (χ1v) is 7.71. The Bertz CT molecular complexity index is 790. The molecule has 2 aromatic carbocycles. The zero-order valence-corrected chi connectivity index (χ0v) is 14.0. The zero-order valence-electron chi connectivity index (χ0n) is 14.0. The van der Waals surface area contributed by atoms with Crippen LogP contribution in [0.4, 0.5) is 4.39 Å². The molecule has 0 aliphatic heterocycles. The summed E-state index contributed by atoms with van der Waals surface area (Å²) in [6.07, 6.45) is 1.96. The Labute approximate surface area is 145 Å². The lowest BCUT2D eigenvalue weighted by molar-refractivity contribution is -0.131. The Balaban J connectivity index is 1.82. The second-order valence-corrected chi connectivity index (χ2v) is 5.42. The second kappa shape index (κ2) is 8.63. The quantitative estimate of drug-likeness (QED) is 0.648. The Morgan fingerprint density at radius 2 is 1.88 bits per heavy atom. The molecule has 2 rings (SSSR count). The molecule has 0 aromatic heterocycles. The van der Waals surface area contributed by atoms with E-state index in [2.05, 4.69) is 10.9 Å². The number of halogens is 1. The van der Waals surface area contributed by atoms with Crippen molar-refractivity contribution in [3.8, 4) is 5.75 Å². The highest BCUT2D eigenvalue weighted by atomic mass is 19.1. The average Bonchev–Trinajstić information content (AvgIpc) is 2.59. The minimum atomic E-state index is -0.974. The van der Waals surface area contributed by atoms with Crippen molar-refractivity contribution in [3.63, 3.8) is 0 Å². The third kappa shape index (κ3) is 5.76. The summed E-state index contributed by atoms with van der Waals surface area (Å²) in [6, 6.07) is 13.4. The summed E-state index contributed by atoms with van der Waals surface area (Å²) in [6.45, 7) is 3.41. The summed E-state index contributed by atoms with van der Waals surface area (Å²) in [4.78, 5) is 23.6. The highest BCUT2D eigenvalue weighted by Gasteiger charge is 2.16. The SMILES string of the molecule is Cc1cccc(/C=C/C(=O)NNC(=O)C(C)Oc2ccccc2F)c1. The minimum Gasteiger partial charge on any atom is -0.478 e. The maximum absolute atomic E-state index is 13.5. The molecule has 0 radical (unpaired) electrons. The molecular weight excluding hydrogens is 323 g/mol. The summed E-state index contributed by atoms with van der Waals surface area (Å²) in [5.41, 5.74) is 6.43. The molecule has 0 spiro atoms. The minimum absolute atomic E-state index is 0.0316. The third-order valence-electron chi connectivity index (χ3n) is 3.29. The van der Waals surface area contributed by atoms with E-state index >= 15 is 0 Å². The van der Waals surface area contributed by atoms with Crippen LogP contribution >= 0.6 is 0 Å². The third-order valence-corrected chi connectivity index (χ3v) is 3.29. The van der Waals surface area contributed by atoms with Crippen LogP contribution < -0.4 is 15.6 Å².